The molecule has 26 heavy (non-hydrogen) atoms. The van der Waals surface area contributed by atoms with E-state index in [1.165, 1.54) is 10.5 Å². The van der Waals surface area contributed by atoms with E-state index in [1.807, 2.05) is 35.0 Å². The van der Waals surface area contributed by atoms with Gasteiger partial charge in [-0.2, -0.15) is 4.68 Å². The minimum Gasteiger partial charge on any atom is -0.370 e. The van der Waals surface area contributed by atoms with Crippen LogP contribution in [0.1, 0.15) is 5.56 Å². The van der Waals surface area contributed by atoms with Crippen molar-refractivity contribution in [3.8, 4) is 11.4 Å². The van der Waals surface area contributed by atoms with Crippen molar-refractivity contribution in [2.45, 2.75) is 13.2 Å². The number of hydrogen-bond donors (Lipinski definition) is 1. The highest BCUT2D eigenvalue weighted by Crippen LogP contribution is 2.18. The number of ether oxygens (including phenoxy) is 1. The molecule has 1 saturated heterocycles. The van der Waals surface area contributed by atoms with Crippen molar-refractivity contribution in [1.82, 2.24) is 19.3 Å². The van der Waals surface area contributed by atoms with Crippen LogP contribution in [0.4, 0.5) is 0 Å². The minimum atomic E-state index is 0.704. The molecule has 0 bridgehead atoms. The molecule has 1 aliphatic rings. The molecule has 0 radical (unpaired) electrons. The molecule has 3 aromatic rings. The number of nitrogens with one attached hydrogen (secondary N) is 1. The van der Waals surface area contributed by atoms with Gasteiger partial charge in [0.2, 0.25) is 4.77 Å². The maximum absolute atomic E-state index is 5.78. The zero-order valence-corrected chi connectivity index (χ0v) is 15.4. The number of nitrogens with zero attached hydrogens (tertiary/aromatic N) is 4. The molecule has 1 aromatic carbocycles. The first kappa shape index (κ1) is 17.1. The minimum absolute atomic E-state index is 0.704. The molecule has 1 N–H and O–H groups in total. The van der Waals surface area contributed by atoms with Crippen molar-refractivity contribution < 1.29 is 9.64 Å². The number of aromatic nitrogens is 4. The third-order valence-corrected chi connectivity index (χ3v) is 5.05. The standard InChI is InChI=1S/C19H21N5OS/c26-19-23(14-16-4-2-1-3-5-16)18(17-6-8-20-9-7-17)21-24(19)15-22-10-12-25-13-11-22/h1-9H,10-15H2/p+1. The number of hydrogen-bond acceptors (Lipinski definition) is 4. The number of pyridine rings is 1. The van der Waals surface area contributed by atoms with Crippen molar-refractivity contribution in [2.24, 2.45) is 0 Å². The van der Waals surface area contributed by atoms with Crippen LogP contribution in [-0.4, -0.2) is 45.6 Å². The van der Waals surface area contributed by atoms with Gasteiger partial charge in [-0.15, -0.1) is 5.10 Å². The van der Waals surface area contributed by atoms with E-state index in [9.17, 15) is 0 Å². The van der Waals surface area contributed by atoms with E-state index in [1.54, 1.807) is 12.4 Å². The van der Waals surface area contributed by atoms with E-state index in [0.717, 1.165) is 49.1 Å². The average Bonchev–Trinajstić information content (AvgIpc) is 3.00. The Bertz CT molecular complexity index is 901. The average molecular weight is 368 g/mol. The molecule has 0 amide bonds. The molecule has 134 valence electrons. The van der Waals surface area contributed by atoms with Crippen molar-refractivity contribution >= 4 is 12.2 Å². The molecule has 4 rings (SSSR count). The van der Waals surface area contributed by atoms with E-state index in [2.05, 4.69) is 21.7 Å². The first-order valence-corrected chi connectivity index (χ1v) is 9.25. The lowest BCUT2D eigenvalue weighted by Gasteiger charge is -2.23. The first-order valence-electron chi connectivity index (χ1n) is 8.84. The van der Waals surface area contributed by atoms with Gasteiger partial charge in [-0.05, 0) is 29.9 Å². The molecule has 6 nitrogen and oxygen atoms in total. The van der Waals surface area contributed by atoms with Crippen molar-refractivity contribution in [2.75, 3.05) is 26.3 Å². The smallest absolute Gasteiger partial charge is 0.203 e. The number of morpholine rings is 1. The van der Waals surface area contributed by atoms with Gasteiger partial charge in [-0.1, -0.05) is 30.3 Å². The lowest BCUT2D eigenvalue weighted by Crippen LogP contribution is -3.13. The Morgan fingerprint density at radius 3 is 2.50 bits per heavy atom. The third-order valence-electron chi connectivity index (χ3n) is 4.62. The van der Waals surface area contributed by atoms with Gasteiger partial charge in [0.15, 0.2) is 12.5 Å². The first-order chi connectivity index (χ1) is 12.8. The number of quaternary nitrogens is 1. The van der Waals surface area contributed by atoms with Gasteiger partial charge in [0, 0.05) is 18.0 Å². The summed E-state index contributed by atoms with van der Waals surface area (Å²) in [6.07, 6.45) is 3.58. The summed E-state index contributed by atoms with van der Waals surface area (Å²) >= 11 is 5.78. The molecule has 2 aromatic heterocycles. The highest BCUT2D eigenvalue weighted by atomic mass is 32.1. The van der Waals surface area contributed by atoms with Gasteiger partial charge in [-0.25, -0.2) is 0 Å². The summed E-state index contributed by atoms with van der Waals surface area (Å²) in [5.41, 5.74) is 2.23. The van der Waals surface area contributed by atoms with Gasteiger partial charge in [0.1, 0.15) is 13.1 Å². The van der Waals surface area contributed by atoms with Crippen molar-refractivity contribution in [1.29, 1.82) is 0 Å². The molecule has 1 fully saturated rings. The Morgan fingerprint density at radius 1 is 1.04 bits per heavy atom. The lowest BCUT2D eigenvalue weighted by atomic mass is 10.2. The third kappa shape index (κ3) is 3.75. The summed E-state index contributed by atoms with van der Waals surface area (Å²) in [5, 5.41) is 4.86. The van der Waals surface area contributed by atoms with Gasteiger partial charge < -0.3 is 9.64 Å². The summed E-state index contributed by atoms with van der Waals surface area (Å²) in [7, 11) is 0. The molecule has 0 unspecified atom stereocenters. The Hall–Kier alpha value is -2.35. The SMILES string of the molecule is S=c1n(C[NH+]2CCOCC2)nc(-c2ccncc2)n1Cc1ccccc1. The monoisotopic (exact) mass is 368 g/mol. The Kier molecular flexibility index (Phi) is 5.19. The molecule has 7 heteroatoms. The van der Waals surface area contributed by atoms with E-state index in [4.69, 9.17) is 22.1 Å². The summed E-state index contributed by atoms with van der Waals surface area (Å²) in [4.78, 5) is 5.56. The van der Waals surface area contributed by atoms with E-state index in [0.29, 0.717) is 6.54 Å². The van der Waals surface area contributed by atoms with Crippen LogP contribution in [0, 0.1) is 4.77 Å². The van der Waals surface area contributed by atoms with Crippen molar-refractivity contribution in [3.05, 3.63) is 65.2 Å². The predicted octanol–water partition coefficient (Wildman–Crippen LogP) is 1.40. The summed E-state index contributed by atoms with van der Waals surface area (Å²) < 4.78 is 10.3. The van der Waals surface area contributed by atoms with Gasteiger partial charge in [0.25, 0.3) is 0 Å². The zero-order valence-electron chi connectivity index (χ0n) is 14.5. The molecular weight excluding hydrogens is 346 g/mol. The maximum Gasteiger partial charge on any atom is 0.203 e. The van der Waals surface area contributed by atoms with Crippen LogP contribution in [0.15, 0.2) is 54.9 Å². The lowest BCUT2D eigenvalue weighted by molar-refractivity contribution is -0.930. The summed E-state index contributed by atoms with van der Waals surface area (Å²) in [6.45, 7) is 5.03. The Labute approximate surface area is 157 Å². The van der Waals surface area contributed by atoms with E-state index >= 15 is 0 Å². The predicted molar refractivity (Wildman–Crippen MR) is 101 cm³/mol. The van der Waals surface area contributed by atoms with Crippen LogP contribution in [-0.2, 0) is 18.0 Å². The van der Waals surface area contributed by atoms with Crippen LogP contribution in [0.3, 0.4) is 0 Å². The topological polar surface area (TPSA) is 49.3 Å². The maximum atomic E-state index is 5.78. The second kappa shape index (κ2) is 7.90. The fourth-order valence-electron chi connectivity index (χ4n) is 3.20. The molecule has 3 heterocycles. The number of rotatable bonds is 5. The van der Waals surface area contributed by atoms with E-state index in [-0.39, 0.29) is 0 Å². The summed E-state index contributed by atoms with van der Waals surface area (Å²) in [6, 6.07) is 14.3. The van der Waals surface area contributed by atoms with Crippen LogP contribution < -0.4 is 4.90 Å². The van der Waals surface area contributed by atoms with Crippen LogP contribution >= 0.6 is 12.2 Å². The zero-order chi connectivity index (χ0) is 17.8. The highest BCUT2D eigenvalue weighted by Gasteiger charge is 2.19. The van der Waals surface area contributed by atoms with Crippen LogP contribution in [0.25, 0.3) is 11.4 Å². The van der Waals surface area contributed by atoms with Crippen molar-refractivity contribution in [3.63, 3.8) is 0 Å². The van der Waals surface area contributed by atoms with Crippen LogP contribution in [0.2, 0.25) is 0 Å². The molecule has 0 saturated carbocycles. The van der Waals surface area contributed by atoms with Crippen LogP contribution in [0.5, 0.6) is 0 Å². The Balaban J connectivity index is 1.71. The summed E-state index contributed by atoms with van der Waals surface area (Å²) in [5.74, 6) is 0.883. The molecule has 0 spiro atoms. The fraction of sp³-hybridized carbons (Fsp3) is 0.316. The molecule has 0 aliphatic carbocycles. The molecule has 1 aliphatic heterocycles. The fourth-order valence-corrected chi connectivity index (χ4v) is 3.45. The van der Waals surface area contributed by atoms with Gasteiger partial charge in [-0.3, -0.25) is 9.55 Å². The second-order valence-electron chi connectivity index (χ2n) is 6.43. The quantitative estimate of drug-likeness (QED) is 0.692. The van der Waals surface area contributed by atoms with E-state index < -0.39 is 0 Å². The number of benzene rings is 1. The largest absolute Gasteiger partial charge is 0.370 e. The molecule has 0 atom stereocenters. The highest BCUT2D eigenvalue weighted by molar-refractivity contribution is 7.71. The molecular formula is C19H22N5OS+. The second-order valence-corrected chi connectivity index (χ2v) is 6.80. The Morgan fingerprint density at radius 2 is 1.77 bits per heavy atom. The van der Waals surface area contributed by atoms with Gasteiger partial charge >= 0.3 is 0 Å². The normalized spacial score (nSPS) is 15.2. The van der Waals surface area contributed by atoms with Gasteiger partial charge in [0.05, 0.1) is 19.8 Å².